The predicted octanol–water partition coefficient (Wildman–Crippen LogP) is 3.57. The first-order valence-electron chi connectivity index (χ1n) is 8.66. The van der Waals surface area contributed by atoms with Crippen molar-refractivity contribution < 1.29 is 14.1 Å². The zero-order chi connectivity index (χ0) is 21.1. The molecule has 0 bridgehead atoms. The van der Waals surface area contributed by atoms with Crippen LogP contribution in [0.15, 0.2) is 65.8 Å². The highest BCUT2D eigenvalue weighted by Crippen LogP contribution is 2.24. The quantitative estimate of drug-likeness (QED) is 0.286. The molecule has 1 amide bonds. The lowest BCUT2D eigenvalue weighted by atomic mass is 10.1. The number of para-hydroxylation sites is 2. The fourth-order valence-electron chi connectivity index (χ4n) is 2.69. The maximum atomic E-state index is 13.1. The molecule has 0 spiro atoms. The van der Waals surface area contributed by atoms with Gasteiger partial charge in [0.2, 0.25) is 11.1 Å². The van der Waals surface area contributed by atoms with Gasteiger partial charge in [-0.1, -0.05) is 23.9 Å². The predicted molar refractivity (Wildman–Crippen MR) is 109 cm³/mol. The third-order valence-corrected chi connectivity index (χ3v) is 5.00. The number of anilines is 1. The number of nitro groups is 1. The molecule has 1 N–H and O–H groups in total. The number of amides is 1. The molecule has 0 aliphatic heterocycles. The number of nitro benzene ring substituents is 1. The maximum Gasteiger partial charge on any atom is 0.292 e. The van der Waals surface area contributed by atoms with E-state index in [9.17, 15) is 19.3 Å². The van der Waals surface area contributed by atoms with Crippen molar-refractivity contribution in [1.82, 2.24) is 19.8 Å². The Hall–Kier alpha value is -3.86. The molecule has 2 heterocycles. The Kier molecular flexibility index (Phi) is 5.35. The van der Waals surface area contributed by atoms with Gasteiger partial charge in [0.05, 0.1) is 16.4 Å². The second kappa shape index (κ2) is 8.25. The SMILES string of the molecule is O=C(CSc1nnc2ccc(-c3ccc(F)cc3)nn12)Nc1ccccc1[N+](=O)[O-]. The van der Waals surface area contributed by atoms with Crippen molar-refractivity contribution in [3.8, 4) is 11.3 Å². The van der Waals surface area contributed by atoms with Gasteiger partial charge in [-0.15, -0.1) is 10.2 Å². The lowest BCUT2D eigenvalue weighted by Crippen LogP contribution is -2.15. The molecule has 0 fully saturated rings. The first-order chi connectivity index (χ1) is 14.5. The lowest BCUT2D eigenvalue weighted by Gasteiger charge is -2.05. The number of benzene rings is 2. The first kappa shape index (κ1) is 19.5. The highest BCUT2D eigenvalue weighted by atomic mass is 32.2. The van der Waals surface area contributed by atoms with Crippen LogP contribution in [-0.4, -0.2) is 36.4 Å². The number of carbonyl (C=O) groups is 1. The van der Waals surface area contributed by atoms with Gasteiger partial charge in [-0.25, -0.2) is 4.39 Å². The largest absolute Gasteiger partial charge is 0.320 e. The molecule has 0 saturated carbocycles. The minimum Gasteiger partial charge on any atom is -0.320 e. The Morgan fingerprint density at radius 3 is 2.63 bits per heavy atom. The normalized spacial score (nSPS) is 10.8. The van der Waals surface area contributed by atoms with Gasteiger partial charge < -0.3 is 5.32 Å². The van der Waals surface area contributed by atoms with E-state index < -0.39 is 10.8 Å². The minimum atomic E-state index is -0.560. The topological polar surface area (TPSA) is 115 Å². The summed E-state index contributed by atoms with van der Waals surface area (Å²) in [6, 6.07) is 15.3. The van der Waals surface area contributed by atoms with Crippen LogP contribution < -0.4 is 5.32 Å². The fourth-order valence-corrected chi connectivity index (χ4v) is 3.38. The van der Waals surface area contributed by atoms with Crippen molar-refractivity contribution in [3.05, 3.63) is 76.6 Å². The molecule has 0 aliphatic rings. The first-order valence-corrected chi connectivity index (χ1v) is 9.64. The number of rotatable bonds is 6. The van der Waals surface area contributed by atoms with E-state index in [4.69, 9.17) is 0 Å². The van der Waals surface area contributed by atoms with Crippen LogP contribution in [0.2, 0.25) is 0 Å². The summed E-state index contributed by atoms with van der Waals surface area (Å²) < 4.78 is 14.6. The summed E-state index contributed by atoms with van der Waals surface area (Å²) in [6.07, 6.45) is 0. The summed E-state index contributed by atoms with van der Waals surface area (Å²) in [7, 11) is 0. The molecule has 4 rings (SSSR count). The van der Waals surface area contributed by atoms with Crippen LogP contribution in [0.3, 0.4) is 0 Å². The number of hydrogen-bond donors (Lipinski definition) is 1. The zero-order valence-corrected chi connectivity index (χ0v) is 16.0. The minimum absolute atomic E-state index is 0.0463. The van der Waals surface area contributed by atoms with Gasteiger partial charge in [0.1, 0.15) is 11.5 Å². The van der Waals surface area contributed by atoms with Crippen molar-refractivity contribution >= 4 is 34.7 Å². The van der Waals surface area contributed by atoms with Crippen molar-refractivity contribution in [3.63, 3.8) is 0 Å². The number of thioether (sulfide) groups is 1. The number of hydrogen-bond acceptors (Lipinski definition) is 7. The van der Waals surface area contributed by atoms with E-state index in [1.165, 1.54) is 34.8 Å². The van der Waals surface area contributed by atoms with Gasteiger partial charge in [-0.05, 0) is 42.5 Å². The van der Waals surface area contributed by atoms with Crippen LogP contribution >= 0.6 is 11.8 Å². The molecular formula is C19H13FN6O3S. The molecular weight excluding hydrogens is 411 g/mol. The molecule has 4 aromatic rings. The third-order valence-electron chi connectivity index (χ3n) is 4.08. The molecule has 0 saturated heterocycles. The number of carbonyl (C=O) groups excluding carboxylic acids is 1. The van der Waals surface area contributed by atoms with E-state index in [1.54, 1.807) is 30.3 Å². The van der Waals surface area contributed by atoms with E-state index >= 15 is 0 Å². The van der Waals surface area contributed by atoms with E-state index in [-0.39, 0.29) is 22.9 Å². The zero-order valence-electron chi connectivity index (χ0n) is 15.2. The Morgan fingerprint density at radius 1 is 1.10 bits per heavy atom. The monoisotopic (exact) mass is 424 g/mol. The standard InChI is InChI=1S/C19H13FN6O3S/c20-13-7-5-12(6-8-13)14-9-10-17-22-23-19(25(17)24-14)30-11-18(27)21-15-3-1-2-4-16(15)26(28)29/h1-10H,11H2,(H,21,27). The van der Waals surface area contributed by atoms with Gasteiger partial charge in [0.25, 0.3) is 5.69 Å². The molecule has 0 radical (unpaired) electrons. The highest BCUT2D eigenvalue weighted by molar-refractivity contribution is 7.99. The van der Waals surface area contributed by atoms with Crippen LogP contribution in [0, 0.1) is 15.9 Å². The van der Waals surface area contributed by atoms with E-state index in [1.807, 2.05) is 0 Å². The van der Waals surface area contributed by atoms with E-state index in [0.29, 0.717) is 16.5 Å². The molecule has 30 heavy (non-hydrogen) atoms. The third kappa shape index (κ3) is 4.10. The van der Waals surface area contributed by atoms with E-state index in [0.717, 1.165) is 17.3 Å². The van der Waals surface area contributed by atoms with Crippen molar-refractivity contribution in [2.75, 3.05) is 11.1 Å². The second-order valence-corrected chi connectivity index (χ2v) is 7.03. The average molecular weight is 424 g/mol. The number of halogens is 1. The molecule has 150 valence electrons. The summed E-state index contributed by atoms with van der Waals surface area (Å²) in [5, 5.41) is 26.5. The maximum absolute atomic E-state index is 13.1. The van der Waals surface area contributed by atoms with Crippen LogP contribution in [-0.2, 0) is 4.79 Å². The number of fused-ring (bicyclic) bond motifs is 1. The molecule has 0 aliphatic carbocycles. The van der Waals surface area contributed by atoms with Gasteiger partial charge in [0.15, 0.2) is 5.65 Å². The van der Waals surface area contributed by atoms with Gasteiger partial charge in [-0.2, -0.15) is 9.61 Å². The van der Waals surface area contributed by atoms with Gasteiger partial charge in [-0.3, -0.25) is 14.9 Å². The van der Waals surface area contributed by atoms with Crippen LogP contribution in [0.4, 0.5) is 15.8 Å². The summed E-state index contributed by atoms with van der Waals surface area (Å²) in [6.45, 7) is 0. The Bertz CT molecular complexity index is 1240. The molecule has 11 heteroatoms. The summed E-state index contributed by atoms with van der Waals surface area (Å²) in [5.74, 6) is -0.819. The average Bonchev–Trinajstić information content (AvgIpc) is 3.15. The number of aromatic nitrogens is 4. The molecule has 9 nitrogen and oxygen atoms in total. The molecule has 2 aromatic carbocycles. The van der Waals surface area contributed by atoms with Crippen molar-refractivity contribution in [2.24, 2.45) is 0 Å². The van der Waals surface area contributed by atoms with Crippen molar-refractivity contribution in [1.29, 1.82) is 0 Å². The van der Waals surface area contributed by atoms with Gasteiger partial charge in [0, 0.05) is 11.6 Å². The Labute approximate surface area is 173 Å². The Morgan fingerprint density at radius 2 is 1.87 bits per heavy atom. The van der Waals surface area contributed by atoms with Crippen LogP contribution in [0.1, 0.15) is 0 Å². The smallest absolute Gasteiger partial charge is 0.292 e. The summed E-state index contributed by atoms with van der Waals surface area (Å²) in [5.41, 5.74) is 1.73. The molecule has 0 unspecified atom stereocenters. The van der Waals surface area contributed by atoms with Crippen LogP contribution in [0.25, 0.3) is 16.9 Å². The fraction of sp³-hybridized carbons (Fsp3) is 0.0526. The van der Waals surface area contributed by atoms with Gasteiger partial charge >= 0.3 is 0 Å². The summed E-state index contributed by atoms with van der Waals surface area (Å²) in [4.78, 5) is 22.8. The summed E-state index contributed by atoms with van der Waals surface area (Å²) >= 11 is 1.09. The highest BCUT2D eigenvalue weighted by Gasteiger charge is 2.16. The Balaban J connectivity index is 1.50. The van der Waals surface area contributed by atoms with E-state index in [2.05, 4.69) is 20.6 Å². The van der Waals surface area contributed by atoms with Crippen molar-refractivity contribution in [2.45, 2.75) is 5.16 Å². The molecule has 0 atom stereocenters. The molecule has 2 aromatic heterocycles. The second-order valence-electron chi connectivity index (χ2n) is 6.09. The number of nitrogens with one attached hydrogen (secondary N) is 1. The number of nitrogens with zero attached hydrogens (tertiary/aromatic N) is 5. The lowest BCUT2D eigenvalue weighted by molar-refractivity contribution is -0.383. The van der Waals surface area contributed by atoms with Crippen LogP contribution in [0.5, 0.6) is 0 Å².